The van der Waals surface area contributed by atoms with Crippen LogP contribution in [0, 0.1) is 6.92 Å². The molecule has 0 N–H and O–H groups in total. The zero-order chi connectivity index (χ0) is 18.9. The van der Waals surface area contributed by atoms with Crippen LogP contribution < -0.4 is 4.90 Å². The number of aryl methyl sites for hydroxylation is 1. The largest absolute Gasteiger partial charge is 0.373 e. The molecule has 0 bridgehead atoms. The molecule has 3 heterocycles. The number of nitrogens with zero attached hydrogens (tertiary/aromatic N) is 4. The third-order valence-corrected chi connectivity index (χ3v) is 5.99. The lowest BCUT2D eigenvalue weighted by Crippen LogP contribution is -2.47. The van der Waals surface area contributed by atoms with E-state index < -0.39 is 0 Å². The van der Waals surface area contributed by atoms with Crippen molar-refractivity contribution < 1.29 is 9.53 Å². The summed E-state index contributed by atoms with van der Waals surface area (Å²) in [6.07, 6.45) is 6.55. The Bertz CT molecular complexity index is 780. The first-order valence-corrected chi connectivity index (χ1v) is 9.73. The molecular weight excluding hydrogens is 340 g/mol. The molecule has 1 aromatic heterocycles. The molecule has 2 fully saturated rings. The van der Waals surface area contributed by atoms with Crippen molar-refractivity contribution in [2.45, 2.75) is 44.4 Å². The molecule has 1 atom stereocenters. The third kappa shape index (κ3) is 3.86. The summed E-state index contributed by atoms with van der Waals surface area (Å²) in [5.41, 5.74) is 2.23. The van der Waals surface area contributed by atoms with E-state index in [9.17, 15) is 4.79 Å². The van der Waals surface area contributed by atoms with Gasteiger partial charge < -0.3 is 14.5 Å². The van der Waals surface area contributed by atoms with Gasteiger partial charge in [-0.3, -0.25) is 9.48 Å². The van der Waals surface area contributed by atoms with Crippen LogP contribution >= 0.6 is 0 Å². The van der Waals surface area contributed by atoms with E-state index in [0.717, 1.165) is 44.5 Å². The van der Waals surface area contributed by atoms with Gasteiger partial charge in [0.2, 0.25) is 5.91 Å². The number of amides is 1. The van der Waals surface area contributed by atoms with Crippen LogP contribution in [0.3, 0.4) is 0 Å². The Labute approximate surface area is 160 Å². The fraction of sp³-hybridized carbons (Fsp3) is 0.524. The predicted octanol–water partition coefficient (Wildman–Crippen LogP) is 2.48. The summed E-state index contributed by atoms with van der Waals surface area (Å²) in [7, 11) is 2.15. The van der Waals surface area contributed by atoms with Gasteiger partial charge in [-0.2, -0.15) is 5.10 Å². The van der Waals surface area contributed by atoms with Crippen molar-refractivity contribution in [2.24, 2.45) is 0 Å². The molecule has 0 unspecified atom stereocenters. The van der Waals surface area contributed by atoms with Gasteiger partial charge in [-0.15, -0.1) is 0 Å². The highest BCUT2D eigenvalue weighted by atomic mass is 16.5. The maximum atomic E-state index is 12.6. The smallest absolute Gasteiger partial charge is 0.244 e. The number of hydrogen-bond acceptors (Lipinski definition) is 4. The number of benzene rings is 1. The van der Waals surface area contributed by atoms with Crippen molar-refractivity contribution in [3.8, 4) is 0 Å². The van der Waals surface area contributed by atoms with E-state index in [0.29, 0.717) is 12.6 Å². The van der Waals surface area contributed by atoms with Crippen molar-refractivity contribution >= 4 is 11.6 Å². The van der Waals surface area contributed by atoms with Gasteiger partial charge in [-0.1, -0.05) is 18.2 Å². The minimum atomic E-state index is -0.0766. The van der Waals surface area contributed by atoms with Crippen LogP contribution in [-0.4, -0.2) is 59.0 Å². The molecule has 144 valence electrons. The minimum Gasteiger partial charge on any atom is -0.373 e. The number of piperidine rings is 1. The lowest BCUT2D eigenvalue weighted by Gasteiger charge is -2.39. The van der Waals surface area contributed by atoms with Crippen LogP contribution in [0.4, 0.5) is 5.69 Å². The maximum Gasteiger partial charge on any atom is 0.244 e. The van der Waals surface area contributed by atoms with Crippen molar-refractivity contribution in [1.29, 1.82) is 0 Å². The Morgan fingerprint density at radius 1 is 1.30 bits per heavy atom. The van der Waals surface area contributed by atoms with Crippen LogP contribution in [0.15, 0.2) is 42.7 Å². The summed E-state index contributed by atoms with van der Waals surface area (Å²) in [6, 6.07) is 10.9. The van der Waals surface area contributed by atoms with E-state index in [1.54, 1.807) is 10.9 Å². The van der Waals surface area contributed by atoms with E-state index in [-0.39, 0.29) is 11.5 Å². The van der Waals surface area contributed by atoms with Crippen molar-refractivity contribution in [3.05, 3.63) is 48.3 Å². The van der Waals surface area contributed by atoms with Gasteiger partial charge >= 0.3 is 0 Å². The number of ether oxygens (including phenoxy) is 1. The second-order valence-corrected chi connectivity index (χ2v) is 7.89. The lowest BCUT2D eigenvalue weighted by atomic mass is 9.87. The first-order chi connectivity index (χ1) is 13.0. The molecule has 1 spiro atoms. The first-order valence-electron chi connectivity index (χ1n) is 9.73. The average molecular weight is 368 g/mol. The summed E-state index contributed by atoms with van der Waals surface area (Å²) < 4.78 is 8.01. The second-order valence-electron chi connectivity index (χ2n) is 7.89. The Kier molecular flexibility index (Phi) is 4.91. The molecule has 4 rings (SSSR count). The van der Waals surface area contributed by atoms with E-state index in [1.807, 2.05) is 24.1 Å². The fourth-order valence-electron chi connectivity index (χ4n) is 4.25. The number of anilines is 1. The highest BCUT2D eigenvalue weighted by Crippen LogP contribution is 2.38. The summed E-state index contributed by atoms with van der Waals surface area (Å²) in [5, 5.41) is 4.22. The quantitative estimate of drug-likeness (QED) is 0.832. The Balaban J connectivity index is 1.31. The molecule has 1 amide bonds. The average Bonchev–Trinajstić information content (AvgIpc) is 3.29. The van der Waals surface area contributed by atoms with Crippen LogP contribution in [0.25, 0.3) is 0 Å². The Morgan fingerprint density at radius 3 is 2.70 bits per heavy atom. The standard InChI is InChI=1S/C21H28N4O2/c1-17-13-22-25(14-17)15-20(26)24-10-8-21(9-11-24)12-19(16-27-21)23(2)18-6-4-3-5-7-18/h3-7,13-14,19H,8-12,15-16H2,1-2H3/t19-/m0/s1. The number of para-hydroxylation sites is 1. The number of rotatable bonds is 4. The van der Waals surface area contributed by atoms with Crippen molar-refractivity contribution in [1.82, 2.24) is 14.7 Å². The van der Waals surface area contributed by atoms with Crippen LogP contribution in [0.2, 0.25) is 0 Å². The molecule has 2 saturated heterocycles. The highest BCUT2D eigenvalue weighted by molar-refractivity contribution is 5.76. The summed E-state index contributed by atoms with van der Waals surface area (Å²) in [6.45, 7) is 4.59. The second kappa shape index (κ2) is 7.35. The number of hydrogen-bond donors (Lipinski definition) is 0. The molecule has 2 aliphatic rings. The van der Waals surface area contributed by atoms with Crippen LogP contribution in [-0.2, 0) is 16.1 Å². The molecular formula is C21H28N4O2. The van der Waals surface area contributed by atoms with Crippen LogP contribution in [0.1, 0.15) is 24.8 Å². The molecule has 27 heavy (non-hydrogen) atoms. The van der Waals surface area contributed by atoms with E-state index in [4.69, 9.17) is 4.74 Å². The lowest BCUT2D eigenvalue weighted by molar-refractivity contribution is -0.136. The number of carbonyl (C=O) groups is 1. The van der Waals surface area contributed by atoms with Gasteiger partial charge in [0, 0.05) is 32.0 Å². The van der Waals surface area contributed by atoms with Gasteiger partial charge in [0.05, 0.1) is 24.4 Å². The number of likely N-dealkylation sites (tertiary alicyclic amines) is 1. The minimum absolute atomic E-state index is 0.0766. The fourth-order valence-corrected chi connectivity index (χ4v) is 4.25. The SMILES string of the molecule is Cc1cnn(CC(=O)N2CCC3(CC2)C[C@H](N(C)c2ccccc2)CO3)c1. The van der Waals surface area contributed by atoms with Gasteiger partial charge in [-0.25, -0.2) is 0 Å². The summed E-state index contributed by atoms with van der Waals surface area (Å²) in [4.78, 5) is 16.8. The monoisotopic (exact) mass is 368 g/mol. The number of likely N-dealkylation sites (N-methyl/N-ethyl adjacent to an activating group) is 1. The molecule has 2 aliphatic heterocycles. The van der Waals surface area contributed by atoms with E-state index >= 15 is 0 Å². The molecule has 1 aromatic carbocycles. The van der Waals surface area contributed by atoms with Crippen molar-refractivity contribution in [3.63, 3.8) is 0 Å². The Hall–Kier alpha value is -2.34. The summed E-state index contributed by atoms with van der Waals surface area (Å²) in [5.74, 6) is 0.143. The molecule has 0 radical (unpaired) electrons. The highest BCUT2D eigenvalue weighted by Gasteiger charge is 2.44. The van der Waals surface area contributed by atoms with E-state index in [2.05, 4.69) is 41.3 Å². The zero-order valence-electron chi connectivity index (χ0n) is 16.2. The molecule has 0 aliphatic carbocycles. The van der Waals surface area contributed by atoms with E-state index in [1.165, 1.54) is 5.69 Å². The van der Waals surface area contributed by atoms with Gasteiger partial charge in [0.1, 0.15) is 6.54 Å². The molecule has 2 aromatic rings. The van der Waals surface area contributed by atoms with Gasteiger partial charge in [-0.05, 0) is 43.9 Å². The summed E-state index contributed by atoms with van der Waals surface area (Å²) >= 11 is 0. The number of aromatic nitrogens is 2. The molecule has 0 saturated carbocycles. The van der Waals surface area contributed by atoms with Gasteiger partial charge in [0.25, 0.3) is 0 Å². The normalized spacial score (nSPS) is 21.6. The predicted molar refractivity (Wildman–Crippen MR) is 105 cm³/mol. The Morgan fingerprint density at radius 2 is 2.04 bits per heavy atom. The topological polar surface area (TPSA) is 50.6 Å². The third-order valence-electron chi connectivity index (χ3n) is 5.99. The maximum absolute atomic E-state index is 12.6. The van der Waals surface area contributed by atoms with Crippen molar-refractivity contribution in [2.75, 3.05) is 31.6 Å². The molecule has 6 nitrogen and oxygen atoms in total. The first kappa shape index (κ1) is 18.0. The van der Waals surface area contributed by atoms with Gasteiger partial charge in [0.15, 0.2) is 0 Å². The van der Waals surface area contributed by atoms with Crippen LogP contribution in [0.5, 0.6) is 0 Å². The zero-order valence-corrected chi connectivity index (χ0v) is 16.2. The number of carbonyl (C=O) groups excluding carboxylic acids is 1. The molecule has 6 heteroatoms.